The number of hydrogen-bond acceptors (Lipinski definition) is 3. The minimum atomic E-state index is -0.577. The second-order valence-corrected chi connectivity index (χ2v) is 5.83. The number of aliphatic hydroxyl groups is 1. The van der Waals surface area contributed by atoms with Crippen LogP contribution in [-0.2, 0) is 6.54 Å². The second-order valence-electron chi connectivity index (χ2n) is 5.83. The lowest BCUT2D eigenvalue weighted by molar-refractivity contribution is 0.0522. The Bertz CT molecular complexity index is 496. The zero-order chi connectivity index (χ0) is 15.8. The van der Waals surface area contributed by atoms with Crippen LogP contribution in [0.4, 0.5) is 0 Å². The smallest absolute Gasteiger partial charge is 0.191 e. The van der Waals surface area contributed by atoms with Crippen molar-refractivity contribution in [2.24, 2.45) is 4.99 Å². The van der Waals surface area contributed by atoms with Crippen LogP contribution >= 0.6 is 0 Å². The van der Waals surface area contributed by atoms with Crippen LogP contribution in [0, 0.1) is 0 Å². The van der Waals surface area contributed by atoms with Gasteiger partial charge in [0.2, 0.25) is 0 Å². The fourth-order valence-electron chi connectivity index (χ4n) is 2.74. The minimum Gasteiger partial charge on any atom is -0.497 e. The summed E-state index contributed by atoms with van der Waals surface area (Å²) in [4.78, 5) is 4.58. The quantitative estimate of drug-likeness (QED) is 0.556. The highest BCUT2D eigenvalue weighted by Gasteiger charge is 2.30. The number of guanidine groups is 1. The molecule has 3 N–H and O–H groups in total. The lowest BCUT2D eigenvalue weighted by Crippen LogP contribution is -2.46. The third-order valence-electron chi connectivity index (χ3n) is 4.02. The first kappa shape index (κ1) is 16.6. The third kappa shape index (κ3) is 4.91. The average molecular weight is 305 g/mol. The molecule has 1 aromatic rings. The highest BCUT2D eigenvalue weighted by molar-refractivity contribution is 5.79. The van der Waals surface area contributed by atoms with Crippen molar-refractivity contribution in [3.05, 3.63) is 29.8 Å². The Hall–Kier alpha value is -1.75. The monoisotopic (exact) mass is 305 g/mol. The molecule has 1 aliphatic rings. The maximum absolute atomic E-state index is 10.4. The summed E-state index contributed by atoms with van der Waals surface area (Å²) in [7, 11) is 1.66. The van der Waals surface area contributed by atoms with Crippen LogP contribution in [0.2, 0.25) is 0 Å². The van der Waals surface area contributed by atoms with Crippen molar-refractivity contribution in [1.29, 1.82) is 0 Å². The normalized spacial score (nSPS) is 17.3. The summed E-state index contributed by atoms with van der Waals surface area (Å²) in [5, 5.41) is 16.9. The number of methoxy groups -OCH3 is 1. The van der Waals surface area contributed by atoms with Crippen molar-refractivity contribution in [2.75, 3.05) is 20.2 Å². The molecule has 0 unspecified atom stereocenters. The van der Waals surface area contributed by atoms with Crippen LogP contribution in [0.25, 0.3) is 0 Å². The largest absolute Gasteiger partial charge is 0.497 e. The molecule has 0 saturated heterocycles. The standard InChI is InChI=1S/C17H27N3O2/c1-3-18-16(20-13-17(21)9-4-5-10-17)19-12-14-7-6-8-15(11-14)22-2/h6-8,11,21H,3-5,9-10,12-13H2,1-2H3,(H2,18,19,20). The SMILES string of the molecule is CCNC(=NCc1cccc(OC)c1)NCC1(O)CCCC1. The van der Waals surface area contributed by atoms with Gasteiger partial charge in [-0.2, -0.15) is 0 Å². The van der Waals surface area contributed by atoms with E-state index < -0.39 is 5.60 Å². The van der Waals surface area contributed by atoms with Gasteiger partial charge in [-0.3, -0.25) is 0 Å². The Labute approximate surface area is 132 Å². The maximum Gasteiger partial charge on any atom is 0.191 e. The molecule has 0 heterocycles. The zero-order valence-electron chi connectivity index (χ0n) is 13.6. The van der Waals surface area contributed by atoms with Crippen molar-refractivity contribution in [1.82, 2.24) is 10.6 Å². The van der Waals surface area contributed by atoms with Crippen LogP contribution in [0.5, 0.6) is 5.75 Å². The molecule has 0 atom stereocenters. The minimum absolute atomic E-state index is 0.553. The zero-order valence-corrected chi connectivity index (χ0v) is 13.6. The summed E-state index contributed by atoms with van der Waals surface area (Å²) in [6.45, 7) is 3.96. The third-order valence-corrected chi connectivity index (χ3v) is 4.02. The summed E-state index contributed by atoms with van der Waals surface area (Å²) >= 11 is 0. The highest BCUT2D eigenvalue weighted by atomic mass is 16.5. The van der Waals surface area contributed by atoms with Crippen molar-refractivity contribution in [3.63, 3.8) is 0 Å². The lowest BCUT2D eigenvalue weighted by atomic mass is 10.0. The van der Waals surface area contributed by atoms with Crippen LogP contribution in [0.3, 0.4) is 0 Å². The van der Waals surface area contributed by atoms with E-state index in [1.165, 1.54) is 0 Å². The summed E-state index contributed by atoms with van der Waals surface area (Å²) in [6.07, 6.45) is 3.95. The predicted octanol–water partition coefficient (Wildman–Crippen LogP) is 2.06. The van der Waals surface area contributed by atoms with Gasteiger partial charge in [-0.1, -0.05) is 25.0 Å². The van der Waals surface area contributed by atoms with Gasteiger partial charge in [-0.15, -0.1) is 0 Å². The average Bonchev–Trinajstić information content (AvgIpc) is 2.97. The molecule has 0 aliphatic heterocycles. The molecular weight excluding hydrogens is 278 g/mol. The second kappa shape index (κ2) is 8.03. The van der Waals surface area contributed by atoms with E-state index in [4.69, 9.17) is 4.74 Å². The number of aliphatic imine (C=N–C) groups is 1. The number of nitrogens with zero attached hydrogens (tertiary/aromatic N) is 1. The molecule has 5 nitrogen and oxygen atoms in total. The molecule has 5 heteroatoms. The van der Waals surface area contributed by atoms with Crippen LogP contribution in [0.1, 0.15) is 38.2 Å². The van der Waals surface area contributed by atoms with E-state index in [1.54, 1.807) is 7.11 Å². The molecule has 122 valence electrons. The van der Waals surface area contributed by atoms with Crippen molar-refractivity contribution < 1.29 is 9.84 Å². The Morgan fingerprint density at radius 3 is 2.77 bits per heavy atom. The fraction of sp³-hybridized carbons (Fsp3) is 0.588. The Balaban J connectivity index is 1.93. The molecule has 0 aromatic heterocycles. The highest BCUT2D eigenvalue weighted by Crippen LogP contribution is 2.28. The molecule has 2 rings (SSSR count). The summed E-state index contributed by atoms with van der Waals surface area (Å²) in [5.74, 6) is 1.58. The van der Waals surface area contributed by atoms with Crippen LogP contribution in [0.15, 0.2) is 29.3 Å². The lowest BCUT2D eigenvalue weighted by Gasteiger charge is -2.23. The molecule has 1 fully saturated rings. The van der Waals surface area contributed by atoms with Crippen molar-refractivity contribution in [2.45, 2.75) is 44.8 Å². The number of ether oxygens (including phenoxy) is 1. The van der Waals surface area contributed by atoms with Gasteiger partial charge in [0, 0.05) is 13.1 Å². The molecule has 0 radical (unpaired) electrons. The fourth-order valence-corrected chi connectivity index (χ4v) is 2.74. The molecular formula is C17H27N3O2. The number of benzene rings is 1. The summed E-state index contributed by atoms with van der Waals surface area (Å²) in [6, 6.07) is 7.90. The predicted molar refractivity (Wildman–Crippen MR) is 89.2 cm³/mol. The van der Waals surface area contributed by atoms with Gasteiger partial charge in [-0.25, -0.2) is 4.99 Å². The van der Waals surface area contributed by atoms with E-state index in [9.17, 15) is 5.11 Å². The summed E-state index contributed by atoms with van der Waals surface area (Å²) in [5.41, 5.74) is 0.516. The van der Waals surface area contributed by atoms with Crippen LogP contribution in [-0.4, -0.2) is 36.9 Å². The van der Waals surface area contributed by atoms with Crippen LogP contribution < -0.4 is 15.4 Å². The van der Waals surface area contributed by atoms with E-state index in [-0.39, 0.29) is 0 Å². The van der Waals surface area contributed by atoms with Gasteiger partial charge in [0.05, 0.1) is 19.3 Å². The topological polar surface area (TPSA) is 65.9 Å². The van der Waals surface area contributed by atoms with E-state index in [0.29, 0.717) is 13.1 Å². The molecule has 1 aliphatic carbocycles. The first-order valence-corrected chi connectivity index (χ1v) is 8.03. The molecule has 0 amide bonds. The van der Waals surface area contributed by atoms with Gasteiger partial charge in [0.25, 0.3) is 0 Å². The first-order chi connectivity index (χ1) is 10.6. The number of hydrogen-bond donors (Lipinski definition) is 3. The van der Waals surface area contributed by atoms with Gasteiger partial charge in [0.1, 0.15) is 5.75 Å². The molecule has 22 heavy (non-hydrogen) atoms. The van der Waals surface area contributed by atoms with Crippen molar-refractivity contribution >= 4 is 5.96 Å². The Kier molecular flexibility index (Phi) is 6.07. The van der Waals surface area contributed by atoms with E-state index >= 15 is 0 Å². The Morgan fingerprint density at radius 2 is 2.09 bits per heavy atom. The van der Waals surface area contributed by atoms with E-state index in [1.807, 2.05) is 31.2 Å². The first-order valence-electron chi connectivity index (χ1n) is 8.03. The molecule has 1 saturated carbocycles. The summed E-state index contributed by atoms with van der Waals surface area (Å²) < 4.78 is 5.22. The van der Waals surface area contributed by atoms with E-state index in [0.717, 1.165) is 49.5 Å². The van der Waals surface area contributed by atoms with Crippen molar-refractivity contribution in [3.8, 4) is 5.75 Å². The van der Waals surface area contributed by atoms with Gasteiger partial charge in [0.15, 0.2) is 5.96 Å². The molecule has 1 aromatic carbocycles. The Morgan fingerprint density at radius 1 is 1.32 bits per heavy atom. The van der Waals surface area contributed by atoms with Gasteiger partial charge >= 0.3 is 0 Å². The molecule has 0 bridgehead atoms. The maximum atomic E-state index is 10.4. The number of rotatable bonds is 6. The van der Waals surface area contributed by atoms with Gasteiger partial charge < -0.3 is 20.5 Å². The van der Waals surface area contributed by atoms with E-state index in [2.05, 4.69) is 15.6 Å². The molecule has 0 spiro atoms. The van der Waals surface area contributed by atoms with Gasteiger partial charge in [-0.05, 0) is 37.5 Å². The number of nitrogens with one attached hydrogen (secondary N) is 2.